The summed E-state index contributed by atoms with van der Waals surface area (Å²) in [6.07, 6.45) is 0. The Morgan fingerprint density at radius 1 is 0.727 bits per heavy atom. The van der Waals surface area contributed by atoms with Crippen LogP contribution in [0.4, 0.5) is 0 Å². The van der Waals surface area contributed by atoms with E-state index in [-0.39, 0.29) is 6.61 Å². The SMILES string of the molecule is C=C(C)C(=O)OCCOCCOCCOCCOCCOC. The van der Waals surface area contributed by atoms with Crippen LogP contribution in [-0.4, -0.2) is 79.1 Å². The Balaban J connectivity index is 3.05. The summed E-state index contributed by atoms with van der Waals surface area (Å²) in [5.74, 6) is -0.400. The van der Waals surface area contributed by atoms with E-state index in [1.54, 1.807) is 14.0 Å². The molecule has 0 aliphatic carbocycles. The van der Waals surface area contributed by atoms with E-state index in [9.17, 15) is 4.79 Å². The Morgan fingerprint density at radius 2 is 1.09 bits per heavy atom. The van der Waals surface area contributed by atoms with Crippen LogP contribution in [0, 0.1) is 0 Å². The molecule has 130 valence electrons. The summed E-state index contributed by atoms with van der Waals surface area (Å²) < 4.78 is 30.8. The highest BCUT2D eigenvalue weighted by Gasteiger charge is 2.01. The second kappa shape index (κ2) is 16.4. The number of carbonyl (C=O) groups excluding carboxylic acids is 1. The van der Waals surface area contributed by atoms with Crippen LogP contribution in [0.5, 0.6) is 0 Å². The van der Waals surface area contributed by atoms with Gasteiger partial charge in [-0.1, -0.05) is 6.58 Å². The van der Waals surface area contributed by atoms with Gasteiger partial charge < -0.3 is 28.4 Å². The molecule has 0 saturated carbocycles. The average Bonchev–Trinajstić information content (AvgIpc) is 2.50. The third kappa shape index (κ3) is 15.4. The summed E-state index contributed by atoms with van der Waals surface area (Å²) in [6.45, 7) is 9.86. The second-order valence-electron chi connectivity index (χ2n) is 4.36. The monoisotopic (exact) mass is 320 g/mol. The topological polar surface area (TPSA) is 72.5 Å². The molecule has 22 heavy (non-hydrogen) atoms. The van der Waals surface area contributed by atoms with Crippen molar-refractivity contribution in [1.29, 1.82) is 0 Å². The molecule has 7 heteroatoms. The van der Waals surface area contributed by atoms with Crippen LogP contribution in [0.1, 0.15) is 6.92 Å². The van der Waals surface area contributed by atoms with Crippen LogP contribution in [0.2, 0.25) is 0 Å². The van der Waals surface area contributed by atoms with Crippen LogP contribution < -0.4 is 0 Å². The summed E-state index contributed by atoms with van der Waals surface area (Å²) in [5.41, 5.74) is 0.382. The van der Waals surface area contributed by atoms with Crippen molar-refractivity contribution < 1.29 is 33.2 Å². The number of carbonyl (C=O) groups is 1. The van der Waals surface area contributed by atoms with Crippen molar-refractivity contribution >= 4 is 5.97 Å². The minimum Gasteiger partial charge on any atom is -0.460 e. The van der Waals surface area contributed by atoms with Gasteiger partial charge in [-0.3, -0.25) is 0 Å². The summed E-state index contributed by atoms with van der Waals surface area (Å²) in [5, 5.41) is 0. The lowest BCUT2D eigenvalue weighted by atomic mass is 10.4. The first kappa shape index (κ1) is 21.0. The highest BCUT2D eigenvalue weighted by molar-refractivity contribution is 5.86. The van der Waals surface area contributed by atoms with Gasteiger partial charge in [0, 0.05) is 12.7 Å². The summed E-state index contributed by atoms with van der Waals surface area (Å²) in [7, 11) is 1.63. The maximum atomic E-state index is 11.0. The fourth-order valence-electron chi connectivity index (χ4n) is 1.22. The first-order valence-electron chi connectivity index (χ1n) is 7.31. The molecule has 0 amide bonds. The zero-order valence-electron chi connectivity index (χ0n) is 13.6. The van der Waals surface area contributed by atoms with E-state index in [0.29, 0.717) is 65.0 Å². The predicted molar refractivity (Wildman–Crippen MR) is 80.9 cm³/mol. The second-order valence-corrected chi connectivity index (χ2v) is 4.36. The summed E-state index contributed by atoms with van der Waals surface area (Å²) >= 11 is 0. The van der Waals surface area contributed by atoms with Gasteiger partial charge in [0.25, 0.3) is 0 Å². The van der Waals surface area contributed by atoms with Crippen molar-refractivity contribution in [3.8, 4) is 0 Å². The average molecular weight is 320 g/mol. The third-order valence-electron chi connectivity index (χ3n) is 2.36. The number of ether oxygens (including phenoxy) is 6. The molecule has 0 heterocycles. The van der Waals surface area contributed by atoms with E-state index in [2.05, 4.69) is 6.58 Å². The van der Waals surface area contributed by atoms with Gasteiger partial charge in [0.05, 0.1) is 59.5 Å². The van der Waals surface area contributed by atoms with Crippen molar-refractivity contribution in [1.82, 2.24) is 0 Å². The zero-order valence-corrected chi connectivity index (χ0v) is 13.6. The Morgan fingerprint density at radius 3 is 1.45 bits per heavy atom. The molecule has 0 fully saturated rings. The van der Waals surface area contributed by atoms with Gasteiger partial charge in [0.2, 0.25) is 0 Å². The summed E-state index contributed by atoms with van der Waals surface area (Å²) in [4.78, 5) is 11.0. The van der Waals surface area contributed by atoms with Crippen molar-refractivity contribution in [3.05, 3.63) is 12.2 Å². The molecule has 0 unspecified atom stereocenters. The van der Waals surface area contributed by atoms with Crippen molar-refractivity contribution in [3.63, 3.8) is 0 Å². The van der Waals surface area contributed by atoms with Crippen LogP contribution in [0.15, 0.2) is 12.2 Å². The molecule has 0 spiro atoms. The van der Waals surface area contributed by atoms with E-state index in [4.69, 9.17) is 28.4 Å². The van der Waals surface area contributed by atoms with Crippen LogP contribution in [0.3, 0.4) is 0 Å². The fraction of sp³-hybridized carbons (Fsp3) is 0.800. The van der Waals surface area contributed by atoms with E-state index < -0.39 is 5.97 Å². The molecule has 0 rings (SSSR count). The van der Waals surface area contributed by atoms with Gasteiger partial charge in [0.1, 0.15) is 6.61 Å². The lowest BCUT2D eigenvalue weighted by Gasteiger charge is -2.08. The van der Waals surface area contributed by atoms with E-state index in [1.807, 2.05) is 0 Å². The standard InChI is InChI=1S/C15H28O7/c1-14(2)15(16)22-13-12-21-11-10-20-9-8-19-7-6-18-5-4-17-3/h1,4-13H2,2-3H3. The largest absolute Gasteiger partial charge is 0.460 e. The molecule has 0 radical (unpaired) electrons. The molecule has 0 aromatic carbocycles. The molecule has 0 saturated heterocycles. The molecular formula is C15H28O7. The van der Waals surface area contributed by atoms with Crippen LogP contribution in [-0.2, 0) is 33.2 Å². The van der Waals surface area contributed by atoms with Gasteiger partial charge in [0.15, 0.2) is 0 Å². The number of hydrogen-bond donors (Lipinski definition) is 0. The molecule has 0 bridgehead atoms. The van der Waals surface area contributed by atoms with Gasteiger partial charge in [-0.25, -0.2) is 4.79 Å². The highest BCUT2D eigenvalue weighted by Crippen LogP contribution is 1.91. The fourth-order valence-corrected chi connectivity index (χ4v) is 1.22. The minimum atomic E-state index is -0.400. The van der Waals surface area contributed by atoms with E-state index in [1.165, 1.54) is 0 Å². The lowest BCUT2D eigenvalue weighted by molar-refractivity contribution is -0.140. The first-order chi connectivity index (χ1) is 10.7. The summed E-state index contributed by atoms with van der Waals surface area (Å²) in [6, 6.07) is 0. The molecule has 0 aliphatic rings. The molecular weight excluding hydrogens is 292 g/mol. The predicted octanol–water partition coefficient (Wildman–Crippen LogP) is 0.819. The maximum Gasteiger partial charge on any atom is 0.333 e. The number of methoxy groups -OCH3 is 1. The minimum absolute atomic E-state index is 0.220. The molecule has 0 aliphatic heterocycles. The van der Waals surface area contributed by atoms with Crippen LogP contribution >= 0.6 is 0 Å². The van der Waals surface area contributed by atoms with Gasteiger partial charge in [-0.05, 0) is 6.92 Å². The quantitative estimate of drug-likeness (QED) is 0.237. The number of esters is 1. The van der Waals surface area contributed by atoms with Gasteiger partial charge >= 0.3 is 5.97 Å². The first-order valence-corrected chi connectivity index (χ1v) is 7.31. The van der Waals surface area contributed by atoms with Gasteiger partial charge in [-0.2, -0.15) is 0 Å². The Kier molecular flexibility index (Phi) is 15.6. The Bertz CT molecular complexity index is 281. The third-order valence-corrected chi connectivity index (χ3v) is 2.36. The van der Waals surface area contributed by atoms with Crippen molar-refractivity contribution in [2.75, 3.05) is 73.2 Å². The number of hydrogen-bond acceptors (Lipinski definition) is 7. The smallest absolute Gasteiger partial charge is 0.333 e. The van der Waals surface area contributed by atoms with Crippen molar-refractivity contribution in [2.45, 2.75) is 6.92 Å². The van der Waals surface area contributed by atoms with E-state index in [0.717, 1.165) is 0 Å². The zero-order chi connectivity index (χ0) is 16.5. The van der Waals surface area contributed by atoms with Crippen molar-refractivity contribution in [2.24, 2.45) is 0 Å². The highest BCUT2D eigenvalue weighted by atomic mass is 16.6. The Labute approximate surface area is 132 Å². The molecule has 0 aromatic heterocycles. The number of rotatable bonds is 16. The van der Waals surface area contributed by atoms with Gasteiger partial charge in [-0.15, -0.1) is 0 Å². The van der Waals surface area contributed by atoms with Crippen LogP contribution in [0.25, 0.3) is 0 Å². The molecule has 0 aromatic rings. The molecule has 7 nitrogen and oxygen atoms in total. The lowest BCUT2D eigenvalue weighted by Crippen LogP contribution is -2.15. The maximum absolute atomic E-state index is 11.0. The molecule has 0 N–H and O–H groups in total. The Hall–Kier alpha value is -0.990. The molecule has 0 atom stereocenters. The van der Waals surface area contributed by atoms with E-state index >= 15 is 0 Å². The normalized spacial score (nSPS) is 10.6.